The van der Waals surface area contributed by atoms with Gasteiger partial charge in [0.1, 0.15) is 5.60 Å². The summed E-state index contributed by atoms with van der Waals surface area (Å²) in [6.07, 6.45) is 0.471. The Hall–Kier alpha value is -0.490. The predicted octanol–water partition coefficient (Wildman–Crippen LogP) is 1.35. The fourth-order valence-electron chi connectivity index (χ4n) is 1.77. The molecule has 0 fully saturated rings. The van der Waals surface area contributed by atoms with E-state index in [2.05, 4.69) is 11.8 Å². The minimum atomic E-state index is -0.711. The van der Waals surface area contributed by atoms with Crippen molar-refractivity contribution in [1.29, 1.82) is 0 Å². The molecule has 0 spiro atoms. The number of hydrogen-bond donors (Lipinski definition) is 0. The highest BCUT2D eigenvalue weighted by molar-refractivity contribution is 5.86. The van der Waals surface area contributed by atoms with Crippen LogP contribution in [0.2, 0.25) is 0 Å². The summed E-state index contributed by atoms with van der Waals surface area (Å²) < 4.78 is 15.5. The number of hydrogen-bond acceptors (Lipinski definition) is 5. The average molecular weight is 275 g/mol. The molecule has 1 atom stereocenters. The van der Waals surface area contributed by atoms with Crippen LogP contribution in [0.15, 0.2) is 0 Å². The van der Waals surface area contributed by atoms with Crippen molar-refractivity contribution in [3.8, 4) is 0 Å². The Kier molecular flexibility index (Phi) is 9.18. The third-order valence-corrected chi connectivity index (χ3v) is 3.42. The first-order valence-corrected chi connectivity index (χ1v) is 6.69. The molecule has 5 heteroatoms. The molecule has 0 radical (unpaired) electrons. The zero-order valence-corrected chi connectivity index (χ0v) is 13.2. The van der Waals surface area contributed by atoms with Gasteiger partial charge in [-0.15, -0.1) is 0 Å². The second-order valence-electron chi connectivity index (χ2n) is 5.22. The Bertz CT molecular complexity index is 256. The van der Waals surface area contributed by atoms with Crippen LogP contribution in [-0.4, -0.2) is 70.0 Å². The molecule has 0 aliphatic heterocycles. The molecule has 0 aromatic heterocycles. The molecule has 0 aliphatic rings. The van der Waals surface area contributed by atoms with Crippen LogP contribution in [0.3, 0.4) is 0 Å². The van der Waals surface area contributed by atoms with Crippen LogP contribution in [0.25, 0.3) is 0 Å². The highest BCUT2D eigenvalue weighted by Gasteiger charge is 2.27. The fourth-order valence-corrected chi connectivity index (χ4v) is 1.77. The lowest BCUT2D eigenvalue weighted by Crippen LogP contribution is -2.42. The molecule has 0 aliphatic carbocycles. The lowest BCUT2D eigenvalue weighted by Gasteiger charge is -2.29. The molecule has 0 amide bonds. The first kappa shape index (κ1) is 18.5. The van der Waals surface area contributed by atoms with Crippen LogP contribution in [0, 0.1) is 0 Å². The van der Waals surface area contributed by atoms with Crippen LogP contribution in [0.5, 0.6) is 0 Å². The van der Waals surface area contributed by atoms with Gasteiger partial charge < -0.3 is 14.2 Å². The van der Waals surface area contributed by atoms with Gasteiger partial charge in [-0.3, -0.25) is 9.69 Å². The van der Waals surface area contributed by atoms with Gasteiger partial charge in [-0.25, -0.2) is 0 Å². The molecule has 114 valence electrons. The zero-order valence-electron chi connectivity index (χ0n) is 13.2. The van der Waals surface area contributed by atoms with Gasteiger partial charge in [-0.05, 0) is 20.8 Å². The second-order valence-corrected chi connectivity index (χ2v) is 5.22. The molecule has 0 aromatic carbocycles. The molecule has 0 aromatic rings. The summed E-state index contributed by atoms with van der Waals surface area (Å²) in [5.74, 6) is 0.113. The molecular formula is C14H29NO4. The molecule has 0 heterocycles. The Morgan fingerprint density at radius 2 is 1.79 bits per heavy atom. The number of rotatable bonds is 11. The van der Waals surface area contributed by atoms with Crippen molar-refractivity contribution >= 4 is 5.78 Å². The van der Waals surface area contributed by atoms with Gasteiger partial charge in [0.05, 0.1) is 13.2 Å². The van der Waals surface area contributed by atoms with E-state index in [1.807, 2.05) is 0 Å². The van der Waals surface area contributed by atoms with Crippen LogP contribution in [0.4, 0.5) is 0 Å². The molecule has 0 saturated carbocycles. The Morgan fingerprint density at radius 1 is 1.16 bits per heavy atom. The lowest BCUT2D eigenvalue weighted by molar-refractivity contribution is -0.137. The maximum absolute atomic E-state index is 12.0. The van der Waals surface area contributed by atoms with Gasteiger partial charge in [0, 0.05) is 46.9 Å². The van der Waals surface area contributed by atoms with Crippen LogP contribution < -0.4 is 0 Å². The monoisotopic (exact) mass is 275 g/mol. The minimum Gasteiger partial charge on any atom is -0.383 e. The van der Waals surface area contributed by atoms with Crippen LogP contribution in [-0.2, 0) is 19.0 Å². The number of carbonyl (C=O) groups excluding carboxylic acids is 1. The van der Waals surface area contributed by atoms with Gasteiger partial charge in [0.15, 0.2) is 5.78 Å². The topological polar surface area (TPSA) is 48.0 Å². The molecule has 0 N–H and O–H groups in total. The smallest absolute Gasteiger partial charge is 0.165 e. The van der Waals surface area contributed by atoms with E-state index in [1.165, 1.54) is 0 Å². The minimum absolute atomic E-state index is 0.113. The predicted molar refractivity (Wildman–Crippen MR) is 75.5 cm³/mol. The third kappa shape index (κ3) is 7.01. The first-order valence-electron chi connectivity index (χ1n) is 6.69. The van der Waals surface area contributed by atoms with Gasteiger partial charge >= 0.3 is 0 Å². The SMILES string of the molecule is COCCN(CCC(=O)C(C)(C)OC)C(C)COC. The molecule has 0 bridgehead atoms. The van der Waals surface area contributed by atoms with E-state index in [4.69, 9.17) is 14.2 Å². The molecule has 0 rings (SSSR count). The number of methoxy groups -OCH3 is 3. The summed E-state index contributed by atoms with van der Waals surface area (Å²) in [6.45, 7) is 8.47. The largest absolute Gasteiger partial charge is 0.383 e. The van der Waals surface area contributed by atoms with Crippen LogP contribution >= 0.6 is 0 Å². The van der Waals surface area contributed by atoms with Crippen molar-refractivity contribution in [2.24, 2.45) is 0 Å². The molecule has 1 unspecified atom stereocenters. The van der Waals surface area contributed by atoms with Crippen molar-refractivity contribution in [3.63, 3.8) is 0 Å². The summed E-state index contributed by atoms with van der Waals surface area (Å²) in [7, 11) is 4.93. The fraction of sp³-hybridized carbons (Fsp3) is 0.929. The van der Waals surface area contributed by atoms with E-state index in [1.54, 1.807) is 35.2 Å². The highest BCUT2D eigenvalue weighted by Crippen LogP contribution is 2.12. The Balaban J connectivity index is 4.36. The summed E-state index contributed by atoms with van der Waals surface area (Å²) in [5, 5.41) is 0. The van der Waals surface area contributed by atoms with Crippen molar-refractivity contribution in [3.05, 3.63) is 0 Å². The molecule has 19 heavy (non-hydrogen) atoms. The number of nitrogens with zero attached hydrogens (tertiary/aromatic N) is 1. The van der Waals surface area contributed by atoms with Crippen molar-refractivity contribution in [2.45, 2.75) is 38.8 Å². The first-order chi connectivity index (χ1) is 8.88. The number of carbonyl (C=O) groups is 1. The number of Topliss-reactive ketones (excluding diaryl/α,β-unsaturated/α-hetero) is 1. The van der Waals surface area contributed by atoms with E-state index in [9.17, 15) is 4.79 Å². The molecular weight excluding hydrogens is 246 g/mol. The van der Waals surface area contributed by atoms with Crippen molar-refractivity contribution in [2.75, 3.05) is 47.6 Å². The molecule has 5 nitrogen and oxygen atoms in total. The van der Waals surface area contributed by atoms with Crippen molar-refractivity contribution in [1.82, 2.24) is 4.90 Å². The highest BCUT2D eigenvalue weighted by atomic mass is 16.5. The summed E-state index contributed by atoms with van der Waals surface area (Å²) >= 11 is 0. The van der Waals surface area contributed by atoms with Gasteiger partial charge in [0.25, 0.3) is 0 Å². The van der Waals surface area contributed by atoms with E-state index >= 15 is 0 Å². The van der Waals surface area contributed by atoms with E-state index in [0.29, 0.717) is 26.2 Å². The quantitative estimate of drug-likeness (QED) is 0.570. The average Bonchev–Trinajstić information content (AvgIpc) is 2.38. The summed E-state index contributed by atoms with van der Waals surface area (Å²) in [6, 6.07) is 0.263. The standard InChI is InChI=1S/C14H29NO4/c1-12(11-18-5)15(9-10-17-4)8-7-13(16)14(2,3)19-6/h12H,7-11H2,1-6H3. The van der Waals surface area contributed by atoms with Gasteiger partial charge in [0.2, 0.25) is 0 Å². The maximum atomic E-state index is 12.0. The second kappa shape index (κ2) is 9.42. The summed E-state index contributed by atoms with van der Waals surface area (Å²) in [5.41, 5.74) is -0.711. The van der Waals surface area contributed by atoms with E-state index in [-0.39, 0.29) is 11.8 Å². The van der Waals surface area contributed by atoms with Gasteiger partial charge in [-0.1, -0.05) is 0 Å². The zero-order chi connectivity index (χ0) is 14.9. The lowest BCUT2D eigenvalue weighted by atomic mass is 10.0. The normalized spacial score (nSPS) is 13.8. The van der Waals surface area contributed by atoms with Crippen molar-refractivity contribution < 1.29 is 19.0 Å². The molecule has 0 saturated heterocycles. The van der Waals surface area contributed by atoms with E-state index < -0.39 is 5.60 Å². The van der Waals surface area contributed by atoms with E-state index in [0.717, 1.165) is 6.54 Å². The Labute approximate surface area is 117 Å². The number of ketones is 1. The summed E-state index contributed by atoms with van der Waals surface area (Å²) in [4.78, 5) is 14.2. The Morgan fingerprint density at radius 3 is 2.26 bits per heavy atom. The maximum Gasteiger partial charge on any atom is 0.165 e. The number of ether oxygens (including phenoxy) is 3. The third-order valence-electron chi connectivity index (χ3n) is 3.42. The van der Waals surface area contributed by atoms with Gasteiger partial charge in [-0.2, -0.15) is 0 Å². The van der Waals surface area contributed by atoms with Crippen LogP contribution in [0.1, 0.15) is 27.2 Å².